The topological polar surface area (TPSA) is 0 Å². The molecule has 0 aliphatic heterocycles. The molecule has 0 atom stereocenters. The molecule has 0 saturated heterocycles. The molecule has 0 unspecified atom stereocenters. The minimum atomic E-state index is 1.11. The van der Waals surface area contributed by atoms with Crippen molar-refractivity contribution >= 4 is 0 Å². The predicted molar refractivity (Wildman–Crippen MR) is 57.7 cm³/mol. The Labute approximate surface area is 83.3 Å². The van der Waals surface area contributed by atoms with Crippen LogP contribution in [0.25, 0.3) is 0 Å². The molecule has 0 amide bonds. The number of hydrogen-bond acceptors (Lipinski definition) is 0. The fourth-order valence-corrected chi connectivity index (χ4v) is 2.86. The van der Waals surface area contributed by atoms with Crippen molar-refractivity contribution < 1.29 is 0 Å². The minimum Gasteiger partial charge on any atom is -0.0795 e. The molecule has 0 heterocycles. The van der Waals surface area contributed by atoms with Gasteiger partial charge in [-0.15, -0.1) is 0 Å². The Morgan fingerprint density at radius 2 is 1.21 bits per heavy atom. The molecule has 0 aromatic carbocycles. The Kier molecular flexibility index (Phi) is 1.02. The van der Waals surface area contributed by atoms with Crippen LogP contribution in [0.3, 0.4) is 0 Å². The van der Waals surface area contributed by atoms with Crippen LogP contribution in [0.4, 0.5) is 0 Å². The van der Waals surface area contributed by atoms with E-state index in [0.717, 1.165) is 12.8 Å². The average molecular weight is 178 g/mol. The molecule has 0 aromatic heterocycles. The van der Waals surface area contributed by atoms with E-state index in [2.05, 4.69) is 36.5 Å². The molecule has 0 radical (unpaired) electrons. The lowest BCUT2D eigenvalue weighted by Crippen LogP contribution is -1.94. The van der Waals surface area contributed by atoms with E-state index in [9.17, 15) is 0 Å². The molecule has 0 bridgehead atoms. The van der Waals surface area contributed by atoms with Crippen LogP contribution >= 0.6 is 0 Å². The van der Waals surface area contributed by atoms with E-state index in [-0.39, 0.29) is 0 Å². The summed E-state index contributed by atoms with van der Waals surface area (Å²) >= 11 is 0. The van der Waals surface area contributed by atoms with E-state index < -0.39 is 0 Å². The van der Waals surface area contributed by atoms with Gasteiger partial charge < -0.3 is 0 Å². The SMILES string of the molecule is C1=CC2=C3C(=CC4=C3C(=C2)CC=C4)C1. The number of hydrogen-bond donors (Lipinski definition) is 0. The summed E-state index contributed by atoms with van der Waals surface area (Å²) in [6, 6.07) is 0. The van der Waals surface area contributed by atoms with Crippen molar-refractivity contribution in [1.82, 2.24) is 0 Å². The van der Waals surface area contributed by atoms with Crippen molar-refractivity contribution in [3.05, 3.63) is 69.9 Å². The molecule has 4 rings (SSSR count). The first-order chi connectivity index (χ1) is 6.93. The fraction of sp³-hybridized carbons (Fsp3) is 0.143. The van der Waals surface area contributed by atoms with Crippen molar-refractivity contribution in [3.8, 4) is 0 Å². The summed E-state index contributed by atoms with van der Waals surface area (Å²) in [7, 11) is 0. The van der Waals surface area contributed by atoms with Crippen molar-refractivity contribution in [2.75, 3.05) is 0 Å². The van der Waals surface area contributed by atoms with Crippen LogP contribution in [0.2, 0.25) is 0 Å². The van der Waals surface area contributed by atoms with Crippen LogP contribution in [-0.4, -0.2) is 0 Å². The molecule has 66 valence electrons. The molecule has 4 aliphatic carbocycles. The van der Waals surface area contributed by atoms with Crippen molar-refractivity contribution in [1.29, 1.82) is 0 Å². The monoisotopic (exact) mass is 178 g/mol. The van der Waals surface area contributed by atoms with Crippen molar-refractivity contribution in [3.63, 3.8) is 0 Å². The van der Waals surface area contributed by atoms with Crippen LogP contribution < -0.4 is 0 Å². The van der Waals surface area contributed by atoms with Gasteiger partial charge in [0.05, 0.1) is 0 Å². The molecule has 0 aromatic rings. The summed E-state index contributed by atoms with van der Waals surface area (Å²) in [5.41, 5.74) is 8.97. The van der Waals surface area contributed by atoms with Gasteiger partial charge in [0, 0.05) is 0 Å². The summed E-state index contributed by atoms with van der Waals surface area (Å²) in [6.07, 6.45) is 16.0. The highest BCUT2D eigenvalue weighted by Gasteiger charge is 2.31. The zero-order chi connectivity index (χ0) is 9.12. The molecule has 0 spiro atoms. The molecular formula is C14H10. The predicted octanol–water partition coefficient (Wildman–Crippen LogP) is 3.38. The normalized spacial score (nSPS) is 25.7. The van der Waals surface area contributed by atoms with E-state index in [1.807, 2.05) is 0 Å². The Hall–Kier alpha value is -1.56. The molecule has 14 heavy (non-hydrogen) atoms. The Morgan fingerprint density at radius 1 is 0.714 bits per heavy atom. The zero-order valence-corrected chi connectivity index (χ0v) is 7.88. The van der Waals surface area contributed by atoms with E-state index in [4.69, 9.17) is 0 Å². The summed E-state index contributed by atoms with van der Waals surface area (Å²) in [5, 5.41) is 0. The Balaban J connectivity index is 2.09. The zero-order valence-electron chi connectivity index (χ0n) is 7.88. The summed E-state index contributed by atoms with van der Waals surface area (Å²) in [5.74, 6) is 0. The van der Waals surface area contributed by atoms with Gasteiger partial charge >= 0.3 is 0 Å². The van der Waals surface area contributed by atoms with Gasteiger partial charge in [-0.3, -0.25) is 0 Å². The maximum atomic E-state index is 2.36. The quantitative estimate of drug-likeness (QED) is 0.533. The van der Waals surface area contributed by atoms with Crippen LogP contribution in [0.5, 0.6) is 0 Å². The highest BCUT2D eigenvalue weighted by atomic mass is 14.3. The average Bonchev–Trinajstić information content (AvgIpc) is 2.74. The lowest BCUT2D eigenvalue weighted by molar-refractivity contribution is 1.19. The van der Waals surface area contributed by atoms with Crippen LogP contribution in [0.15, 0.2) is 69.9 Å². The third-order valence-corrected chi connectivity index (χ3v) is 3.40. The summed E-state index contributed by atoms with van der Waals surface area (Å²) in [4.78, 5) is 0. The lowest BCUT2D eigenvalue weighted by atomic mass is 9.92. The van der Waals surface area contributed by atoms with Gasteiger partial charge in [-0.2, -0.15) is 0 Å². The Morgan fingerprint density at radius 3 is 1.71 bits per heavy atom. The van der Waals surface area contributed by atoms with E-state index in [1.165, 1.54) is 33.4 Å². The molecule has 0 heteroatoms. The van der Waals surface area contributed by atoms with Gasteiger partial charge in [0.25, 0.3) is 0 Å². The van der Waals surface area contributed by atoms with Crippen LogP contribution in [0, 0.1) is 0 Å². The van der Waals surface area contributed by atoms with Crippen molar-refractivity contribution in [2.45, 2.75) is 12.8 Å². The highest BCUT2D eigenvalue weighted by Crippen LogP contribution is 2.49. The van der Waals surface area contributed by atoms with Gasteiger partial charge in [-0.05, 0) is 46.3 Å². The molecule has 0 nitrogen and oxygen atoms in total. The minimum absolute atomic E-state index is 1.11. The van der Waals surface area contributed by atoms with Gasteiger partial charge in [-0.1, -0.05) is 36.5 Å². The number of rotatable bonds is 0. The first-order valence-corrected chi connectivity index (χ1v) is 5.17. The van der Waals surface area contributed by atoms with Gasteiger partial charge in [0.15, 0.2) is 0 Å². The molecule has 4 aliphatic rings. The second-order valence-corrected chi connectivity index (χ2v) is 4.21. The maximum absolute atomic E-state index is 2.36. The molecule has 0 fully saturated rings. The number of allylic oxidation sites excluding steroid dienone is 12. The van der Waals surface area contributed by atoms with Crippen LogP contribution in [0.1, 0.15) is 12.8 Å². The summed E-state index contributed by atoms with van der Waals surface area (Å²) in [6.45, 7) is 0. The molecular weight excluding hydrogens is 168 g/mol. The molecule has 0 N–H and O–H groups in total. The lowest BCUT2D eigenvalue weighted by Gasteiger charge is -2.12. The second-order valence-electron chi connectivity index (χ2n) is 4.21. The maximum Gasteiger partial charge on any atom is -0.00671 e. The smallest absolute Gasteiger partial charge is 0.00671 e. The van der Waals surface area contributed by atoms with Crippen LogP contribution in [-0.2, 0) is 0 Å². The largest absolute Gasteiger partial charge is 0.0795 e. The van der Waals surface area contributed by atoms with E-state index in [1.54, 1.807) is 0 Å². The van der Waals surface area contributed by atoms with E-state index in [0.29, 0.717) is 0 Å². The van der Waals surface area contributed by atoms with Crippen molar-refractivity contribution in [2.24, 2.45) is 0 Å². The van der Waals surface area contributed by atoms with Gasteiger partial charge in [0.2, 0.25) is 0 Å². The fourth-order valence-electron chi connectivity index (χ4n) is 2.86. The Bertz CT molecular complexity index is 478. The second kappa shape index (κ2) is 2.09. The highest BCUT2D eigenvalue weighted by molar-refractivity contribution is 5.79. The molecule has 0 saturated carbocycles. The summed E-state index contributed by atoms with van der Waals surface area (Å²) < 4.78 is 0. The first-order valence-electron chi connectivity index (χ1n) is 5.17. The standard InChI is InChI=1S/C14H10/c1-3-9-7-11-5-2-6-12-8-10(4-1)13(9)14(11)12/h1-3,6-8H,4-5H2. The first kappa shape index (κ1) is 6.83. The van der Waals surface area contributed by atoms with Gasteiger partial charge in [0.1, 0.15) is 0 Å². The van der Waals surface area contributed by atoms with E-state index >= 15 is 0 Å². The third-order valence-electron chi connectivity index (χ3n) is 3.40. The van der Waals surface area contributed by atoms with Gasteiger partial charge in [-0.25, -0.2) is 0 Å². The third kappa shape index (κ3) is 0.630.